The van der Waals surface area contributed by atoms with Crippen molar-refractivity contribution in [3.63, 3.8) is 0 Å². The Morgan fingerprint density at radius 2 is 2.21 bits per heavy atom. The van der Waals surface area contributed by atoms with Crippen LogP contribution in [0, 0.1) is 0 Å². The molecule has 19 heavy (non-hydrogen) atoms. The van der Waals surface area contributed by atoms with E-state index < -0.39 is 5.97 Å². The summed E-state index contributed by atoms with van der Waals surface area (Å²) in [4.78, 5) is 11.0. The van der Waals surface area contributed by atoms with E-state index >= 15 is 0 Å². The molecule has 1 heterocycles. The highest BCUT2D eigenvalue weighted by molar-refractivity contribution is 6.42. The lowest BCUT2D eigenvalue weighted by Gasteiger charge is -2.09. The summed E-state index contributed by atoms with van der Waals surface area (Å²) >= 11 is 11.8. The van der Waals surface area contributed by atoms with Crippen LogP contribution < -0.4 is 4.74 Å². The Hall–Kier alpha value is -1.72. The molecule has 100 valence electrons. The number of aryl methyl sites for hydroxylation is 1. The fraction of sp³-hybridized carbons (Fsp3) is 0.167. The van der Waals surface area contributed by atoms with Crippen molar-refractivity contribution in [2.45, 2.75) is 6.61 Å². The highest BCUT2D eigenvalue weighted by Crippen LogP contribution is 2.32. The van der Waals surface area contributed by atoms with E-state index in [2.05, 4.69) is 5.10 Å². The zero-order valence-electron chi connectivity index (χ0n) is 9.93. The molecule has 0 aliphatic rings. The molecule has 1 aromatic heterocycles. The zero-order chi connectivity index (χ0) is 14.0. The maximum Gasteiger partial charge on any atom is 0.339 e. The van der Waals surface area contributed by atoms with Gasteiger partial charge in [0.1, 0.15) is 22.9 Å². The molecule has 0 amide bonds. The zero-order valence-corrected chi connectivity index (χ0v) is 11.4. The summed E-state index contributed by atoms with van der Waals surface area (Å²) in [6.45, 7) is 0.0399. The minimum Gasteiger partial charge on any atom is -0.486 e. The first kappa shape index (κ1) is 13.7. The lowest BCUT2D eigenvalue weighted by molar-refractivity contribution is 0.0693. The van der Waals surface area contributed by atoms with Crippen LogP contribution in [0.2, 0.25) is 10.0 Å². The van der Waals surface area contributed by atoms with Gasteiger partial charge < -0.3 is 9.84 Å². The predicted molar refractivity (Wildman–Crippen MR) is 71.0 cm³/mol. The van der Waals surface area contributed by atoms with E-state index in [1.165, 1.54) is 10.9 Å². The SMILES string of the molecule is Cn1ncc(C(=O)O)c1COc1cccc(Cl)c1Cl. The van der Waals surface area contributed by atoms with Crippen LogP contribution in [0.5, 0.6) is 5.75 Å². The fourth-order valence-corrected chi connectivity index (χ4v) is 1.90. The van der Waals surface area contributed by atoms with Gasteiger partial charge in [-0.05, 0) is 12.1 Å². The average molecular weight is 301 g/mol. The summed E-state index contributed by atoms with van der Waals surface area (Å²) < 4.78 is 6.94. The third-order valence-corrected chi connectivity index (χ3v) is 3.37. The first-order chi connectivity index (χ1) is 9.00. The summed E-state index contributed by atoms with van der Waals surface area (Å²) in [5, 5.41) is 13.6. The highest BCUT2D eigenvalue weighted by Gasteiger charge is 2.16. The van der Waals surface area contributed by atoms with Crippen molar-refractivity contribution in [3.05, 3.63) is 45.7 Å². The van der Waals surface area contributed by atoms with E-state index in [4.69, 9.17) is 33.0 Å². The Morgan fingerprint density at radius 3 is 2.89 bits per heavy atom. The molecule has 0 saturated heterocycles. The van der Waals surface area contributed by atoms with Gasteiger partial charge in [0.05, 0.1) is 16.9 Å². The Morgan fingerprint density at radius 1 is 1.47 bits per heavy atom. The minimum absolute atomic E-state index is 0.0399. The van der Waals surface area contributed by atoms with Crippen LogP contribution in [0.25, 0.3) is 0 Å². The van der Waals surface area contributed by atoms with Gasteiger partial charge in [0, 0.05) is 7.05 Å². The van der Waals surface area contributed by atoms with E-state index in [1.54, 1.807) is 25.2 Å². The second kappa shape index (κ2) is 5.50. The number of carboxylic acids is 1. The van der Waals surface area contributed by atoms with Gasteiger partial charge >= 0.3 is 5.97 Å². The Labute approximate surface area is 119 Å². The van der Waals surface area contributed by atoms with E-state index in [-0.39, 0.29) is 12.2 Å². The Bertz CT molecular complexity index is 625. The van der Waals surface area contributed by atoms with Crippen molar-refractivity contribution in [2.75, 3.05) is 0 Å². The molecule has 0 atom stereocenters. The number of hydrogen-bond acceptors (Lipinski definition) is 3. The first-order valence-corrected chi connectivity index (χ1v) is 6.07. The second-order valence-electron chi connectivity index (χ2n) is 3.77. The van der Waals surface area contributed by atoms with Crippen molar-refractivity contribution in [2.24, 2.45) is 7.05 Å². The van der Waals surface area contributed by atoms with Gasteiger partial charge in [0.25, 0.3) is 0 Å². The quantitative estimate of drug-likeness (QED) is 0.943. The van der Waals surface area contributed by atoms with E-state index in [0.717, 1.165) is 0 Å². The van der Waals surface area contributed by atoms with Gasteiger partial charge in [-0.15, -0.1) is 0 Å². The summed E-state index contributed by atoms with van der Waals surface area (Å²) in [6, 6.07) is 5.00. The molecule has 2 aromatic rings. The molecule has 1 aromatic carbocycles. The molecule has 0 unspecified atom stereocenters. The van der Waals surface area contributed by atoms with Crippen LogP contribution in [-0.2, 0) is 13.7 Å². The van der Waals surface area contributed by atoms with Crippen molar-refractivity contribution in [1.29, 1.82) is 0 Å². The van der Waals surface area contributed by atoms with Gasteiger partial charge in [-0.1, -0.05) is 29.3 Å². The number of ether oxygens (including phenoxy) is 1. The summed E-state index contributed by atoms with van der Waals surface area (Å²) in [7, 11) is 1.64. The molecule has 0 saturated carbocycles. The monoisotopic (exact) mass is 300 g/mol. The summed E-state index contributed by atoms with van der Waals surface area (Å²) in [6.07, 6.45) is 1.28. The summed E-state index contributed by atoms with van der Waals surface area (Å²) in [5.74, 6) is -0.657. The lowest BCUT2D eigenvalue weighted by Crippen LogP contribution is -2.08. The molecule has 0 spiro atoms. The van der Waals surface area contributed by atoms with Crippen molar-refractivity contribution in [3.8, 4) is 5.75 Å². The Kier molecular flexibility index (Phi) is 3.97. The number of halogens is 2. The normalized spacial score (nSPS) is 10.5. The topological polar surface area (TPSA) is 64.4 Å². The van der Waals surface area contributed by atoms with Gasteiger partial charge in [-0.3, -0.25) is 4.68 Å². The molecular formula is C12H10Cl2N2O3. The third-order valence-electron chi connectivity index (χ3n) is 2.57. The first-order valence-electron chi connectivity index (χ1n) is 5.31. The molecule has 0 bridgehead atoms. The van der Waals surface area contributed by atoms with E-state index in [0.29, 0.717) is 21.5 Å². The van der Waals surface area contributed by atoms with Crippen LogP contribution >= 0.6 is 23.2 Å². The molecule has 1 N–H and O–H groups in total. The van der Waals surface area contributed by atoms with E-state index in [9.17, 15) is 4.79 Å². The molecular weight excluding hydrogens is 291 g/mol. The van der Waals surface area contributed by atoms with Gasteiger partial charge in [-0.2, -0.15) is 5.10 Å². The van der Waals surface area contributed by atoms with Gasteiger partial charge in [0.15, 0.2) is 0 Å². The van der Waals surface area contributed by atoms with Crippen molar-refractivity contribution < 1.29 is 14.6 Å². The minimum atomic E-state index is -1.05. The molecule has 0 fully saturated rings. The number of rotatable bonds is 4. The van der Waals surface area contributed by atoms with Crippen LogP contribution in [0.3, 0.4) is 0 Å². The molecule has 7 heteroatoms. The molecule has 0 aliphatic carbocycles. The number of nitrogens with zero attached hydrogens (tertiary/aromatic N) is 2. The number of aromatic carboxylic acids is 1. The number of carbonyl (C=O) groups is 1. The lowest BCUT2D eigenvalue weighted by atomic mass is 10.2. The van der Waals surface area contributed by atoms with E-state index in [1.807, 2.05) is 0 Å². The molecule has 0 aliphatic heterocycles. The highest BCUT2D eigenvalue weighted by atomic mass is 35.5. The van der Waals surface area contributed by atoms with Crippen LogP contribution in [0.15, 0.2) is 24.4 Å². The largest absolute Gasteiger partial charge is 0.486 e. The van der Waals surface area contributed by atoms with Gasteiger partial charge in [0.2, 0.25) is 0 Å². The molecule has 2 rings (SSSR count). The van der Waals surface area contributed by atoms with Crippen LogP contribution in [-0.4, -0.2) is 20.9 Å². The number of benzene rings is 1. The average Bonchev–Trinajstić information content (AvgIpc) is 2.73. The third kappa shape index (κ3) is 2.83. The van der Waals surface area contributed by atoms with Crippen molar-refractivity contribution in [1.82, 2.24) is 9.78 Å². The summed E-state index contributed by atoms with van der Waals surface area (Å²) in [5.41, 5.74) is 0.546. The smallest absolute Gasteiger partial charge is 0.339 e. The van der Waals surface area contributed by atoms with Gasteiger partial charge in [-0.25, -0.2) is 4.79 Å². The maximum atomic E-state index is 11.0. The standard InChI is InChI=1S/C12H10Cl2N2O3/c1-16-9(7(5-15-16)12(17)18)6-19-10-4-2-3-8(13)11(10)14/h2-5H,6H2,1H3,(H,17,18). The van der Waals surface area contributed by atoms with Crippen molar-refractivity contribution >= 4 is 29.2 Å². The Balaban J connectivity index is 2.21. The molecule has 5 nitrogen and oxygen atoms in total. The number of hydrogen-bond donors (Lipinski definition) is 1. The molecule has 0 radical (unpaired) electrons. The fourth-order valence-electron chi connectivity index (χ4n) is 1.55. The maximum absolute atomic E-state index is 11.0. The van der Waals surface area contributed by atoms with Crippen LogP contribution in [0.4, 0.5) is 0 Å². The second-order valence-corrected chi connectivity index (χ2v) is 4.56. The number of carboxylic acid groups (broad SMARTS) is 1. The van der Waals surface area contributed by atoms with Crippen LogP contribution in [0.1, 0.15) is 16.1 Å². The number of aromatic nitrogens is 2. The predicted octanol–water partition coefficient (Wildman–Crippen LogP) is 3.00.